The summed E-state index contributed by atoms with van der Waals surface area (Å²) in [5.74, 6) is 0. The van der Waals surface area contributed by atoms with Crippen molar-refractivity contribution in [3.63, 3.8) is 0 Å². The van der Waals surface area contributed by atoms with Crippen molar-refractivity contribution in [2.75, 3.05) is 0 Å². The van der Waals surface area contributed by atoms with Crippen molar-refractivity contribution in [3.05, 3.63) is 60.7 Å². The molecule has 0 bridgehead atoms. The van der Waals surface area contributed by atoms with Crippen molar-refractivity contribution in [2.45, 2.75) is 0 Å². The molecule has 0 heterocycles. The molecule has 2 aromatic rings. The predicted octanol–water partition coefficient (Wildman–Crippen LogP) is 0.961. The molecule has 0 radical (unpaired) electrons. The van der Waals surface area contributed by atoms with E-state index in [0.717, 1.165) is 0 Å². The van der Waals surface area contributed by atoms with Crippen molar-refractivity contribution in [1.82, 2.24) is 0 Å². The van der Waals surface area contributed by atoms with E-state index < -0.39 is 14.7 Å². The summed E-state index contributed by atoms with van der Waals surface area (Å²) < 4.78 is 3.24. The molecule has 0 nitrogen and oxygen atoms in total. The standard InChI is InChI=1S/2C6H5.Na.Sb/c2*1-2-4-6-5-3-1;;/h2*1-5H;;. The zero-order chi connectivity index (χ0) is 9.80. The first-order chi connectivity index (χ1) is 6.88. The second-order valence-corrected chi connectivity index (χ2v) is 15.4. The van der Waals surface area contributed by atoms with Crippen molar-refractivity contribution >= 4 is 45.1 Å². The SMILES string of the molecule is [Na][Sb]([c]1ccccc1)[c]1ccccc1. The molecule has 0 spiro atoms. The molecule has 2 aromatic carbocycles. The van der Waals surface area contributed by atoms with E-state index in [9.17, 15) is 0 Å². The molecule has 0 aromatic heterocycles. The zero-order valence-electron chi connectivity index (χ0n) is 8.22. The Morgan fingerprint density at radius 1 is 0.643 bits per heavy atom. The summed E-state index contributed by atoms with van der Waals surface area (Å²) in [6.07, 6.45) is 0. The summed E-state index contributed by atoms with van der Waals surface area (Å²) in [6.45, 7) is 0. The summed E-state index contributed by atoms with van der Waals surface area (Å²) in [6, 6.07) is 22.0. The fraction of sp³-hybridized carbons (Fsp3) is 0. The normalized spacial score (nSPS) is 10.5. The molecule has 0 aliphatic carbocycles. The molecular weight excluding hydrogens is 289 g/mol. The van der Waals surface area contributed by atoms with E-state index in [4.69, 9.17) is 0 Å². The van der Waals surface area contributed by atoms with Crippen molar-refractivity contribution < 1.29 is 0 Å². The zero-order valence-corrected chi connectivity index (χ0v) is 12.8. The van der Waals surface area contributed by atoms with Gasteiger partial charge in [0.2, 0.25) is 0 Å². The molecule has 0 aliphatic rings. The van der Waals surface area contributed by atoms with Gasteiger partial charge in [-0.25, -0.2) is 0 Å². The molecule has 14 heavy (non-hydrogen) atoms. The topological polar surface area (TPSA) is 0 Å². The van der Waals surface area contributed by atoms with Crippen molar-refractivity contribution in [1.29, 1.82) is 0 Å². The van der Waals surface area contributed by atoms with Gasteiger partial charge < -0.3 is 0 Å². The molecule has 0 fully saturated rings. The summed E-state index contributed by atoms with van der Waals surface area (Å²) in [7, 11) is 0. The Morgan fingerprint density at radius 3 is 1.36 bits per heavy atom. The number of rotatable bonds is 2. The van der Waals surface area contributed by atoms with E-state index in [1.807, 2.05) is 0 Å². The van der Waals surface area contributed by atoms with E-state index >= 15 is 0 Å². The Morgan fingerprint density at radius 2 is 1.00 bits per heavy atom. The van der Waals surface area contributed by atoms with E-state index in [1.54, 1.807) is 7.02 Å². The van der Waals surface area contributed by atoms with Crippen LogP contribution in [0.15, 0.2) is 60.7 Å². The second kappa shape index (κ2) is 5.37. The third kappa shape index (κ3) is 2.64. The molecule has 0 atom stereocenters. The van der Waals surface area contributed by atoms with Gasteiger partial charge in [-0.1, -0.05) is 0 Å². The second-order valence-electron chi connectivity index (χ2n) is 3.23. The Labute approximate surface area is 104 Å². The molecule has 0 saturated heterocycles. The maximum atomic E-state index is 2.29. The van der Waals surface area contributed by atoms with Crippen LogP contribution in [0.25, 0.3) is 0 Å². The minimum absolute atomic E-state index is 1.23. The van der Waals surface area contributed by atoms with Crippen molar-refractivity contribution in [2.24, 2.45) is 0 Å². The van der Waals surface area contributed by atoms with Gasteiger partial charge in [0, 0.05) is 0 Å². The molecular formula is C12H10NaSb. The Kier molecular flexibility index (Phi) is 4.13. The summed E-state index contributed by atoms with van der Waals surface area (Å²) in [5, 5.41) is 0. The van der Waals surface area contributed by atoms with Crippen LogP contribution in [0.5, 0.6) is 0 Å². The van der Waals surface area contributed by atoms with E-state index in [1.165, 1.54) is 23.3 Å². The molecule has 0 saturated carbocycles. The van der Waals surface area contributed by atoms with Crippen LogP contribution in [0.2, 0.25) is 0 Å². The van der Waals surface area contributed by atoms with E-state index in [2.05, 4.69) is 60.7 Å². The monoisotopic (exact) mass is 298 g/mol. The summed E-state index contributed by atoms with van der Waals surface area (Å²) >= 11 is 0.119. The Balaban J connectivity index is 2.30. The predicted molar refractivity (Wildman–Crippen MR) is 63.7 cm³/mol. The Hall–Kier alpha value is 0.258. The van der Waals surface area contributed by atoms with Crippen LogP contribution in [0.1, 0.15) is 0 Å². The van der Waals surface area contributed by atoms with Gasteiger partial charge in [0.05, 0.1) is 0 Å². The first-order valence-corrected chi connectivity index (χ1v) is 15.8. The van der Waals surface area contributed by atoms with Crippen LogP contribution in [0.4, 0.5) is 0 Å². The third-order valence-electron chi connectivity index (χ3n) is 2.29. The number of benzene rings is 2. The van der Waals surface area contributed by atoms with E-state index in [0.29, 0.717) is 0 Å². The molecule has 2 heteroatoms. The summed E-state index contributed by atoms with van der Waals surface area (Å²) in [5.41, 5.74) is 0. The fourth-order valence-electron chi connectivity index (χ4n) is 1.45. The average Bonchev–Trinajstić information content (AvgIpc) is 2.30. The maximum absolute atomic E-state index is 2.29. The summed E-state index contributed by atoms with van der Waals surface area (Å²) in [4.78, 5) is 0. The van der Waals surface area contributed by atoms with Crippen LogP contribution in [0.3, 0.4) is 0 Å². The molecule has 0 N–H and O–H groups in total. The van der Waals surface area contributed by atoms with Crippen LogP contribution in [-0.4, -0.2) is 38.0 Å². The van der Waals surface area contributed by atoms with Crippen LogP contribution in [-0.2, 0) is 0 Å². The molecule has 2 rings (SSSR count). The van der Waals surface area contributed by atoms with E-state index in [-0.39, 0.29) is 0 Å². The van der Waals surface area contributed by atoms with Gasteiger partial charge in [0.1, 0.15) is 0 Å². The van der Waals surface area contributed by atoms with Gasteiger partial charge in [-0.15, -0.1) is 0 Å². The quantitative estimate of drug-likeness (QED) is 0.725. The van der Waals surface area contributed by atoms with Gasteiger partial charge in [-0.3, -0.25) is 0 Å². The third-order valence-corrected chi connectivity index (χ3v) is 15.3. The van der Waals surface area contributed by atoms with Gasteiger partial charge >= 0.3 is 106 Å². The van der Waals surface area contributed by atoms with Gasteiger partial charge in [-0.2, -0.15) is 0 Å². The molecule has 0 aliphatic heterocycles. The minimum atomic E-state index is -1.23. The van der Waals surface area contributed by atoms with Gasteiger partial charge in [0.15, 0.2) is 0 Å². The fourth-order valence-corrected chi connectivity index (χ4v) is 9.84. The number of hydrogen-bond acceptors (Lipinski definition) is 0. The molecule has 0 unspecified atom stereocenters. The van der Waals surface area contributed by atoms with Crippen LogP contribution in [0, 0.1) is 0 Å². The number of hydrogen-bond donors (Lipinski definition) is 0. The first kappa shape index (κ1) is 10.8. The molecule has 64 valence electrons. The Bertz CT molecular complexity index is 346. The van der Waals surface area contributed by atoms with Crippen molar-refractivity contribution in [3.8, 4) is 0 Å². The average molecular weight is 299 g/mol. The van der Waals surface area contributed by atoms with Gasteiger partial charge in [-0.05, 0) is 0 Å². The van der Waals surface area contributed by atoms with Crippen LogP contribution < -0.4 is 7.02 Å². The van der Waals surface area contributed by atoms with Crippen LogP contribution >= 0.6 is 0 Å². The molecule has 0 amide bonds. The first-order valence-electron chi connectivity index (χ1n) is 4.72. The van der Waals surface area contributed by atoms with Gasteiger partial charge in [0.25, 0.3) is 0 Å².